The van der Waals surface area contributed by atoms with Gasteiger partial charge < -0.3 is 15.1 Å². The molecular weight excluding hydrogens is 340 g/mol. The van der Waals surface area contributed by atoms with E-state index in [0.29, 0.717) is 22.0 Å². The standard InChI is InChI=1S/C19H21ClN2O3/c1-11-10-16(13-6-8-21-9-7-13)25-19(24)17(11)18(23)22-15-5-3-4-14(20)12(15)2/h3-5,10,13,21H,6-9H2,1-2H3,(H,22,23). The molecule has 1 aromatic carbocycles. The first-order valence-corrected chi connectivity index (χ1v) is 8.77. The molecule has 1 aromatic heterocycles. The number of carbonyl (C=O) groups is 1. The van der Waals surface area contributed by atoms with Crippen molar-refractivity contribution in [3.8, 4) is 0 Å². The van der Waals surface area contributed by atoms with E-state index in [2.05, 4.69) is 10.6 Å². The Labute approximate surface area is 151 Å². The van der Waals surface area contributed by atoms with Crippen molar-refractivity contribution in [3.05, 3.63) is 62.2 Å². The third-order valence-electron chi connectivity index (χ3n) is 4.65. The van der Waals surface area contributed by atoms with Crippen molar-refractivity contribution < 1.29 is 9.21 Å². The Morgan fingerprint density at radius 3 is 2.68 bits per heavy atom. The van der Waals surface area contributed by atoms with Crippen LogP contribution >= 0.6 is 11.6 Å². The average molecular weight is 361 g/mol. The van der Waals surface area contributed by atoms with Crippen LogP contribution in [-0.2, 0) is 0 Å². The molecule has 25 heavy (non-hydrogen) atoms. The first-order chi connectivity index (χ1) is 12.0. The van der Waals surface area contributed by atoms with Crippen LogP contribution in [0, 0.1) is 13.8 Å². The molecule has 3 rings (SSSR count). The number of hydrogen-bond donors (Lipinski definition) is 2. The van der Waals surface area contributed by atoms with Gasteiger partial charge in [-0.15, -0.1) is 0 Å². The Bertz CT molecular complexity index is 854. The quantitative estimate of drug-likeness (QED) is 0.876. The summed E-state index contributed by atoms with van der Waals surface area (Å²) in [5.74, 6) is 0.410. The van der Waals surface area contributed by atoms with Crippen LogP contribution in [0.3, 0.4) is 0 Å². The van der Waals surface area contributed by atoms with Gasteiger partial charge in [0.25, 0.3) is 5.91 Å². The summed E-state index contributed by atoms with van der Waals surface area (Å²) >= 11 is 6.08. The predicted octanol–water partition coefficient (Wildman–Crippen LogP) is 3.63. The minimum atomic E-state index is -0.592. The Hall–Kier alpha value is -2.11. The second-order valence-corrected chi connectivity index (χ2v) is 6.79. The van der Waals surface area contributed by atoms with E-state index in [1.165, 1.54) is 0 Å². The molecule has 0 bridgehead atoms. The lowest BCUT2D eigenvalue weighted by Gasteiger charge is -2.22. The molecule has 2 aromatic rings. The highest BCUT2D eigenvalue weighted by molar-refractivity contribution is 6.31. The first kappa shape index (κ1) is 17.7. The summed E-state index contributed by atoms with van der Waals surface area (Å²) in [7, 11) is 0. The number of hydrogen-bond acceptors (Lipinski definition) is 4. The zero-order valence-corrected chi connectivity index (χ0v) is 15.1. The topological polar surface area (TPSA) is 71.3 Å². The number of anilines is 1. The Morgan fingerprint density at radius 1 is 1.28 bits per heavy atom. The molecule has 0 aliphatic carbocycles. The Balaban J connectivity index is 1.88. The summed E-state index contributed by atoms with van der Waals surface area (Å²) in [5.41, 5.74) is 1.41. The van der Waals surface area contributed by atoms with E-state index >= 15 is 0 Å². The highest BCUT2D eigenvalue weighted by Gasteiger charge is 2.22. The molecule has 0 saturated carbocycles. The van der Waals surface area contributed by atoms with Gasteiger partial charge in [-0.3, -0.25) is 4.79 Å². The molecule has 0 radical (unpaired) electrons. The molecule has 2 N–H and O–H groups in total. The molecule has 6 heteroatoms. The highest BCUT2D eigenvalue weighted by atomic mass is 35.5. The van der Waals surface area contributed by atoms with Gasteiger partial charge in [0.15, 0.2) is 0 Å². The number of amides is 1. The highest BCUT2D eigenvalue weighted by Crippen LogP contribution is 2.26. The number of carbonyl (C=O) groups excluding carboxylic acids is 1. The molecule has 1 saturated heterocycles. The van der Waals surface area contributed by atoms with Crippen LogP contribution in [0.4, 0.5) is 5.69 Å². The summed E-state index contributed by atoms with van der Waals surface area (Å²) in [6.07, 6.45) is 1.85. The van der Waals surface area contributed by atoms with Crippen LogP contribution in [0.5, 0.6) is 0 Å². The van der Waals surface area contributed by atoms with Gasteiger partial charge in [0.1, 0.15) is 11.3 Å². The fourth-order valence-corrected chi connectivity index (χ4v) is 3.32. The number of aryl methyl sites for hydroxylation is 1. The maximum absolute atomic E-state index is 12.6. The van der Waals surface area contributed by atoms with Gasteiger partial charge in [0.2, 0.25) is 0 Å². The van der Waals surface area contributed by atoms with Crippen LogP contribution in [0.25, 0.3) is 0 Å². The molecule has 132 valence electrons. The zero-order chi connectivity index (χ0) is 18.0. The second-order valence-electron chi connectivity index (χ2n) is 6.39. The van der Waals surface area contributed by atoms with Gasteiger partial charge in [-0.25, -0.2) is 4.79 Å². The Kier molecular flexibility index (Phi) is 5.25. The number of rotatable bonds is 3. The molecule has 5 nitrogen and oxygen atoms in total. The minimum Gasteiger partial charge on any atom is -0.427 e. The van der Waals surface area contributed by atoms with Gasteiger partial charge in [-0.1, -0.05) is 17.7 Å². The van der Waals surface area contributed by atoms with Crippen LogP contribution in [0.15, 0.2) is 33.5 Å². The molecule has 1 amide bonds. The third kappa shape index (κ3) is 3.78. The van der Waals surface area contributed by atoms with Crippen LogP contribution in [-0.4, -0.2) is 19.0 Å². The molecule has 1 aliphatic heterocycles. The lowest BCUT2D eigenvalue weighted by Crippen LogP contribution is -2.28. The lowest BCUT2D eigenvalue weighted by molar-refractivity contribution is 0.102. The number of nitrogens with one attached hydrogen (secondary N) is 2. The van der Waals surface area contributed by atoms with E-state index in [4.69, 9.17) is 16.0 Å². The van der Waals surface area contributed by atoms with Gasteiger partial charge >= 0.3 is 5.63 Å². The van der Waals surface area contributed by atoms with Gasteiger partial charge in [0.05, 0.1) is 0 Å². The maximum Gasteiger partial charge on any atom is 0.349 e. The van der Waals surface area contributed by atoms with E-state index in [9.17, 15) is 9.59 Å². The largest absolute Gasteiger partial charge is 0.427 e. The minimum absolute atomic E-state index is 0.0389. The van der Waals surface area contributed by atoms with Gasteiger partial charge in [-0.05, 0) is 69.1 Å². The van der Waals surface area contributed by atoms with Crippen molar-refractivity contribution in [1.82, 2.24) is 5.32 Å². The van der Waals surface area contributed by atoms with Crippen molar-refractivity contribution >= 4 is 23.2 Å². The fourth-order valence-electron chi connectivity index (χ4n) is 3.14. The van der Waals surface area contributed by atoms with Crippen LogP contribution in [0.1, 0.15) is 46.0 Å². The van der Waals surface area contributed by atoms with Crippen molar-refractivity contribution in [2.75, 3.05) is 18.4 Å². The summed E-state index contributed by atoms with van der Waals surface area (Å²) in [6.45, 7) is 5.39. The normalized spacial score (nSPS) is 15.2. The van der Waals surface area contributed by atoms with E-state index in [1.807, 2.05) is 13.0 Å². The molecule has 0 atom stereocenters. The van der Waals surface area contributed by atoms with Gasteiger partial charge in [-0.2, -0.15) is 0 Å². The second kappa shape index (κ2) is 7.42. The molecular formula is C19H21ClN2O3. The van der Waals surface area contributed by atoms with Crippen molar-refractivity contribution in [2.24, 2.45) is 0 Å². The van der Waals surface area contributed by atoms with Crippen LogP contribution in [0.2, 0.25) is 5.02 Å². The van der Waals surface area contributed by atoms with E-state index in [0.717, 1.165) is 31.5 Å². The molecule has 1 aliphatic rings. The third-order valence-corrected chi connectivity index (χ3v) is 5.06. The van der Waals surface area contributed by atoms with Crippen molar-refractivity contribution in [2.45, 2.75) is 32.6 Å². The molecule has 0 unspecified atom stereocenters. The zero-order valence-electron chi connectivity index (χ0n) is 14.3. The van der Waals surface area contributed by atoms with Crippen molar-refractivity contribution in [1.29, 1.82) is 0 Å². The molecule has 2 heterocycles. The summed E-state index contributed by atoms with van der Waals surface area (Å²) in [6, 6.07) is 7.07. The number of halogens is 1. The average Bonchev–Trinajstić information content (AvgIpc) is 2.59. The SMILES string of the molecule is Cc1cc(C2CCNCC2)oc(=O)c1C(=O)Nc1cccc(Cl)c1C. The van der Waals surface area contributed by atoms with E-state index in [-0.39, 0.29) is 11.5 Å². The molecule has 0 spiro atoms. The number of piperidine rings is 1. The number of benzene rings is 1. The first-order valence-electron chi connectivity index (χ1n) is 8.39. The Morgan fingerprint density at radius 2 is 2.00 bits per heavy atom. The fraction of sp³-hybridized carbons (Fsp3) is 0.368. The molecule has 1 fully saturated rings. The van der Waals surface area contributed by atoms with Crippen molar-refractivity contribution in [3.63, 3.8) is 0 Å². The van der Waals surface area contributed by atoms with E-state index < -0.39 is 11.5 Å². The summed E-state index contributed by atoms with van der Waals surface area (Å²) < 4.78 is 5.47. The predicted molar refractivity (Wildman–Crippen MR) is 98.7 cm³/mol. The smallest absolute Gasteiger partial charge is 0.349 e. The van der Waals surface area contributed by atoms with Gasteiger partial charge in [0, 0.05) is 16.6 Å². The van der Waals surface area contributed by atoms with E-state index in [1.54, 1.807) is 25.1 Å². The van der Waals surface area contributed by atoms with Crippen LogP contribution < -0.4 is 16.3 Å². The summed E-state index contributed by atoms with van der Waals surface area (Å²) in [4.78, 5) is 25.0. The summed E-state index contributed by atoms with van der Waals surface area (Å²) in [5, 5.41) is 6.60. The maximum atomic E-state index is 12.6. The lowest BCUT2D eigenvalue weighted by atomic mass is 9.94. The monoisotopic (exact) mass is 360 g/mol.